The topological polar surface area (TPSA) is 94.1 Å². The molecule has 0 atom stereocenters. The first-order chi connectivity index (χ1) is 9.42. The predicted octanol–water partition coefficient (Wildman–Crippen LogP) is 0.558. The van der Waals surface area contributed by atoms with Crippen molar-refractivity contribution in [1.82, 2.24) is 14.5 Å². The van der Waals surface area contributed by atoms with Crippen LogP contribution in [0.5, 0.6) is 0 Å². The molecule has 0 fully saturated rings. The van der Waals surface area contributed by atoms with Gasteiger partial charge in [-0.3, -0.25) is 9.59 Å². The van der Waals surface area contributed by atoms with E-state index in [4.69, 9.17) is 5.73 Å². The molecule has 0 saturated carbocycles. The van der Waals surface area contributed by atoms with E-state index in [1.165, 1.54) is 0 Å². The van der Waals surface area contributed by atoms with Crippen LogP contribution < -0.4 is 16.4 Å². The summed E-state index contributed by atoms with van der Waals surface area (Å²) in [6.07, 6.45) is 3.34. The molecule has 2 aromatic rings. The van der Waals surface area contributed by atoms with Crippen molar-refractivity contribution in [2.24, 2.45) is 14.1 Å². The number of nitrogen functional groups attached to an aromatic ring is 1. The molecule has 7 nitrogen and oxygen atoms in total. The molecule has 0 aromatic carbocycles. The fourth-order valence-electron chi connectivity index (χ4n) is 2.00. The summed E-state index contributed by atoms with van der Waals surface area (Å²) in [6, 6.07) is 3.21. The standard InChI is InChI=1S/C13H17N5O2/c1-15-12(19)11-5-9(7-18(11)3)16-13(20)10-4-8(14)6-17(10)2/h4-7H,14H2,1-3H3,(H,15,19)(H,16,20). The van der Waals surface area contributed by atoms with Gasteiger partial charge in [0.2, 0.25) is 0 Å². The lowest BCUT2D eigenvalue weighted by Gasteiger charge is -2.03. The Morgan fingerprint density at radius 3 is 2.20 bits per heavy atom. The molecule has 0 bridgehead atoms. The van der Waals surface area contributed by atoms with Gasteiger partial charge >= 0.3 is 0 Å². The van der Waals surface area contributed by atoms with Crippen molar-refractivity contribution < 1.29 is 9.59 Å². The van der Waals surface area contributed by atoms with E-state index in [0.717, 1.165) is 0 Å². The SMILES string of the molecule is CNC(=O)c1cc(NC(=O)c2cc(N)cn2C)cn1C. The maximum Gasteiger partial charge on any atom is 0.272 e. The van der Waals surface area contributed by atoms with Crippen molar-refractivity contribution in [1.29, 1.82) is 0 Å². The second kappa shape index (κ2) is 5.12. The molecule has 2 heterocycles. The van der Waals surface area contributed by atoms with Crippen molar-refractivity contribution >= 4 is 23.2 Å². The maximum absolute atomic E-state index is 12.1. The molecule has 2 rings (SSSR count). The van der Waals surface area contributed by atoms with Gasteiger partial charge in [-0.2, -0.15) is 0 Å². The highest BCUT2D eigenvalue weighted by molar-refractivity contribution is 6.04. The first-order valence-electron chi connectivity index (χ1n) is 6.04. The van der Waals surface area contributed by atoms with E-state index in [2.05, 4.69) is 10.6 Å². The third-order valence-electron chi connectivity index (χ3n) is 2.98. The zero-order valence-corrected chi connectivity index (χ0v) is 11.6. The largest absolute Gasteiger partial charge is 0.397 e. The van der Waals surface area contributed by atoms with Gasteiger partial charge < -0.3 is 25.5 Å². The zero-order chi connectivity index (χ0) is 14.9. The molecule has 0 unspecified atom stereocenters. The summed E-state index contributed by atoms with van der Waals surface area (Å²) in [7, 11) is 5.04. The van der Waals surface area contributed by atoms with Gasteiger partial charge in [-0.1, -0.05) is 0 Å². The fraction of sp³-hybridized carbons (Fsp3) is 0.231. The van der Waals surface area contributed by atoms with Crippen LogP contribution >= 0.6 is 0 Å². The van der Waals surface area contributed by atoms with E-state index in [1.54, 1.807) is 54.8 Å². The van der Waals surface area contributed by atoms with Crippen LogP contribution in [0.25, 0.3) is 0 Å². The summed E-state index contributed by atoms with van der Waals surface area (Å²) in [5.74, 6) is -0.491. The number of carbonyl (C=O) groups excluding carboxylic acids is 2. The number of carbonyl (C=O) groups is 2. The second-order valence-electron chi connectivity index (χ2n) is 4.53. The normalized spacial score (nSPS) is 10.3. The molecule has 0 saturated heterocycles. The van der Waals surface area contributed by atoms with Crippen LogP contribution in [0.4, 0.5) is 11.4 Å². The number of nitrogens with two attached hydrogens (primary N) is 1. The van der Waals surface area contributed by atoms with Gasteiger partial charge in [0.05, 0.1) is 11.4 Å². The molecule has 0 aliphatic heterocycles. The van der Waals surface area contributed by atoms with Crippen molar-refractivity contribution in [3.63, 3.8) is 0 Å². The third kappa shape index (κ3) is 2.51. The molecule has 4 N–H and O–H groups in total. The Balaban J connectivity index is 2.20. The van der Waals surface area contributed by atoms with Gasteiger partial charge in [0.25, 0.3) is 11.8 Å². The quantitative estimate of drug-likeness (QED) is 0.764. The van der Waals surface area contributed by atoms with Crippen LogP contribution in [0.15, 0.2) is 24.5 Å². The highest BCUT2D eigenvalue weighted by Gasteiger charge is 2.14. The number of aryl methyl sites for hydroxylation is 2. The van der Waals surface area contributed by atoms with Crippen LogP contribution in [-0.2, 0) is 14.1 Å². The molecule has 0 aliphatic carbocycles. The number of aromatic nitrogens is 2. The van der Waals surface area contributed by atoms with E-state index in [-0.39, 0.29) is 11.8 Å². The number of nitrogens with zero attached hydrogens (tertiary/aromatic N) is 2. The van der Waals surface area contributed by atoms with Crippen molar-refractivity contribution in [2.75, 3.05) is 18.1 Å². The molecular formula is C13H17N5O2. The first kappa shape index (κ1) is 13.7. The lowest BCUT2D eigenvalue weighted by Crippen LogP contribution is -2.20. The lowest BCUT2D eigenvalue weighted by molar-refractivity contribution is 0.0953. The number of rotatable bonds is 3. The Hall–Kier alpha value is -2.70. The number of nitrogens with one attached hydrogen (secondary N) is 2. The Bertz CT molecular complexity index is 668. The minimum Gasteiger partial charge on any atom is -0.397 e. The van der Waals surface area contributed by atoms with E-state index in [0.29, 0.717) is 22.8 Å². The van der Waals surface area contributed by atoms with Gasteiger partial charge in [-0.15, -0.1) is 0 Å². The monoisotopic (exact) mass is 275 g/mol. The molecule has 0 spiro atoms. The van der Waals surface area contributed by atoms with Crippen molar-refractivity contribution in [2.45, 2.75) is 0 Å². The summed E-state index contributed by atoms with van der Waals surface area (Å²) in [4.78, 5) is 23.7. The highest BCUT2D eigenvalue weighted by atomic mass is 16.2. The summed E-state index contributed by atoms with van der Waals surface area (Å²) in [5.41, 5.74) is 7.63. The van der Waals surface area contributed by atoms with Gasteiger partial charge in [0.1, 0.15) is 11.4 Å². The molecule has 0 radical (unpaired) electrons. The smallest absolute Gasteiger partial charge is 0.272 e. The number of hydrogen-bond acceptors (Lipinski definition) is 3. The van der Waals surface area contributed by atoms with E-state index < -0.39 is 0 Å². The van der Waals surface area contributed by atoms with Crippen LogP contribution in [-0.4, -0.2) is 28.0 Å². The summed E-state index contributed by atoms with van der Waals surface area (Å²) < 4.78 is 3.29. The molecule has 2 aromatic heterocycles. The number of anilines is 2. The van der Waals surface area contributed by atoms with Crippen LogP contribution in [0.1, 0.15) is 21.0 Å². The van der Waals surface area contributed by atoms with Gasteiger partial charge in [0.15, 0.2) is 0 Å². The number of amides is 2. The van der Waals surface area contributed by atoms with Crippen LogP contribution in [0.2, 0.25) is 0 Å². The Morgan fingerprint density at radius 2 is 1.65 bits per heavy atom. The Labute approximate surface area is 116 Å². The predicted molar refractivity (Wildman–Crippen MR) is 76.6 cm³/mol. The number of hydrogen-bond donors (Lipinski definition) is 3. The molecule has 106 valence electrons. The summed E-state index contributed by atoms with van der Waals surface area (Å²) in [5, 5.41) is 5.28. The first-order valence-corrected chi connectivity index (χ1v) is 6.04. The minimum atomic E-state index is -0.279. The van der Waals surface area contributed by atoms with Crippen LogP contribution in [0, 0.1) is 0 Å². The molecular weight excluding hydrogens is 258 g/mol. The maximum atomic E-state index is 12.1. The molecule has 2 amide bonds. The molecule has 7 heteroatoms. The molecule has 0 aliphatic rings. The van der Waals surface area contributed by atoms with Crippen LogP contribution in [0.3, 0.4) is 0 Å². The highest BCUT2D eigenvalue weighted by Crippen LogP contribution is 2.15. The fourth-order valence-corrected chi connectivity index (χ4v) is 2.00. The second-order valence-corrected chi connectivity index (χ2v) is 4.53. The van der Waals surface area contributed by atoms with Gasteiger partial charge in [-0.05, 0) is 12.1 Å². The summed E-state index contributed by atoms with van der Waals surface area (Å²) in [6.45, 7) is 0. The Morgan fingerprint density at radius 1 is 1.05 bits per heavy atom. The molecule has 20 heavy (non-hydrogen) atoms. The van der Waals surface area contributed by atoms with E-state index >= 15 is 0 Å². The van der Waals surface area contributed by atoms with Crippen molar-refractivity contribution in [3.8, 4) is 0 Å². The zero-order valence-electron chi connectivity index (χ0n) is 11.6. The Kier molecular flexibility index (Phi) is 3.51. The summed E-state index contributed by atoms with van der Waals surface area (Å²) >= 11 is 0. The van der Waals surface area contributed by atoms with Gasteiger partial charge in [0, 0.05) is 33.5 Å². The third-order valence-corrected chi connectivity index (χ3v) is 2.98. The van der Waals surface area contributed by atoms with Crippen molar-refractivity contribution in [3.05, 3.63) is 35.9 Å². The average molecular weight is 275 g/mol. The van der Waals surface area contributed by atoms with E-state index in [1.807, 2.05) is 0 Å². The van der Waals surface area contributed by atoms with E-state index in [9.17, 15) is 9.59 Å². The minimum absolute atomic E-state index is 0.212. The van der Waals surface area contributed by atoms with Gasteiger partial charge in [-0.25, -0.2) is 0 Å². The average Bonchev–Trinajstić information content (AvgIpc) is 2.91. The lowest BCUT2D eigenvalue weighted by atomic mass is 10.3.